The Morgan fingerprint density at radius 1 is 1.36 bits per heavy atom. The summed E-state index contributed by atoms with van der Waals surface area (Å²) in [7, 11) is 0. The van der Waals surface area contributed by atoms with Crippen LogP contribution in [0, 0.1) is 0 Å². The van der Waals surface area contributed by atoms with Crippen molar-refractivity contribution in [3.8, 4) is 0 Å². The van der Waals surface area contributed by atoms with Gasteiger partial charge in [-0.1, -0.05) is 0 Å². The number of carbonyl (C=O) groups is 1. The van der Waals surface area contributed by atoms with Crippen LogP contribution in [0.15, 0.2) is 35.5 Å². The molecule has 1 aliphatic rings. The van der Waals surface area contributed by atoms with E-state index in [0.29, 0.717) is 30.7 Å². The van der Waals surface area contributed by atoms with Crippen molar-refractivity contribution in [3.63, 3.8) is 0 Å². The molecule has 22 heavy (non-hydrogen) atoms. The van der Waals surface area contributed by atoms with Crippen LogP contribution in [-0.2, 0) is 13.0 Å². The molecule has 3 aromatic heterocycles. The molecule has 0 spiro atoms. The number of hydrogen-bond acceptors (Lipinski definition) is 5. The predicted molar refractivity (Wildman–Crippen MR) is 76.3 cm³/mol. The van der Waals surface area contributed by atoms with Crippen LogP contribution >= 0.6 is 0 Å². The molecule has 4 heterocycles. The normalized spacial score (nSPS) is 14.1. The first-order valence-corrected chi connectivity index (χ1v) is 6.87. The van der Waals surface area contributed by atoms with Gasteiger partial charge < -0.3 is 4.90 Å². The number of H-pyrrole nitrogens is 1. The third-order valence-electron chi connectivity index (χ3n) is 3.75. The van der Waals surface area contributed by atoms with E-state index in [9.17, 15) is 9.59 Å². The maximum atomic E-state index is 12.7. The minimum Gasteiger partial charge on any atom is -0.334 e. The number of carbonyl (C=O) groups excluding carboxylic acids is 1. The van der Waals surface area contributed by atoms with Crippen LogP contribution in [0.1, 0.15) is 21.6 Å². The highest BCUT2D eigenvalue weighted by Crippen LogP contribution is 2.18. The Kier molecular flexibility index (Phi) is 2.75. The zero-order valence-electron chi connectivity index (χ0n) is 11.6. The number of nitrogens with one attached hydrogen (secondary N) is 1. The van der Waals surface area contributed by atoms with Crippen molar-refractivity contribution in [3.05, 3.63) is 57.9 Å². The highest BCUT2D eigenvalue weighted by Gasteiger charge is 2.25. The van der Waals surface area contributed by atoms with Crippen molar-refractivity contribution in [2.24, 2.45) is 0 Å². The summed E-state index contributed by atoms with van der Waals surface area (Å²) in [6, 6.07) is 3.25. The second-order valence-electron chi connectivity index (χ2n) is 5.13. The molecule has 0 unspecified atom stereocenters. The molecule has 0 bridgehead atoms. The molecule has 0 fully saturated rings. The van der Waals surface area contributed by atoms with Gasteiger partial charge in [-0.3, -0.25) is 9.59 Å². The van der Waals surface area contributed by atoms with Crippen molar-refractivity contribution in [1.29, 1.82) is 0 Å². The highest BCUT2D eigenvalue weighted by molar-refractivity contribution is 5.99. The van der Waals surface area contributed by atoms with Crippen LogP contribution in [0.3, 0.4) is 0 Å². The second-order valence-corrected chi connectivity index (χ2v) is 5.13. The first kappa shape index (κ1) is 12.7. The minimum absolute atomic E-state index is 0.139. The molecule has 0 saturated carbocycles. The van der Waals surface area contributed by atoms with Crippen molar-refractivity contribution in [1.82, 2.24) is 29.7 Å². The summed E-state index contributed by atoms with van der Waals surface area (Å²) in [5, 5.41) is 10.6. The Balaban J connectivity index is 1.68. The fourth-order valence-electron chi connectivity index (χ4n) is 2.67. The van der Waals surface area contributed by atoms with Gasteiger partial charge in [-0.15, -0.1) is 0 Å². The molecule has 3 aromatic rings. The molecule has 4 rings (SSSR count). The summed E-state index contributed by atoms with van der Waals surface area (Å²) >= 11 is 0. The molecule has 1 N–H and O–H groups in total. The third-order valence-corrected chi connectivity index (χ3v) is 3.75. The summed E-state index contributed by atoms with van der Waals surface area (Å²) in [5.41, 5.74) is 2.35. The number of fused-ring (bicyclic) bond motifs is 2. The predicted octanol–water partition coefficient (Wildman–Crippen LogP) is 0.0111. The topological polar surface area (TPSA) is 96.2 Å². The van der Waals surface area contributed by atoms with Gasteiger partial charge in [0.25, 0.3) is 11.5 Å². The van der Waals surface area contributed by atoms with Gasteiger partial charge in [0.05, 0.1) is 11.9 Å². The maximum Gasteiger partial charge on any atom is 0.264 e. The number of aromatic nitrogens is 5. The SMILES string of the molecule is O=C(c1cnn2cccnc12)N1CCc2n[nH]c(=O)cc2C1. The summed E-state index contributed by atoms with van der Waals surface area (Å²) in [5.74, 6) is -0.139. The van der Waals surface area contributed by atoms with Crippen molar-refractivity contribution >= 4 is 11.6 Å². The molecule has 0 aromatic carbocycles. The van der Waals surface area contributed by atoms with Gasteiger partial charge in [0.1, 0.15) is 5.56 Å². The Hall–Kier alpha value is -3.03. The molecule has 110 valence electrons. The van der Waals surface area contributed by atoms with Crippen molar-refractivity contribution in [2.75, 3.05) is 6.54 Å². The lowest BCUT2D eigenvalue weighted by Crippen LogP contribution is -2.37. The van der Waals surface area contributed by atoms with Crippen LogP contribution < -0.4 is 5.56 Å². The van der Waals surface area contributed by atoms with Crippen LogP contribution in [0.2, 0.25) is 0 Å². The average molecular weight is 296 g/mol. The highest BCUT2D eigenvalue weighted by atomic mass is 16.2. The monoisotopic (exact) mass is 296 g/mol. The Labute approximate surface area is 124 Å². The largest absolute Gasteiger partial charge is 0.334 e. The quantitative estimate of drug-likeness (QED) is 0.682. The molecular formula is C14H12N6O2. The number of hydrogen-bond donors (Lipinski definition) is 1. The Morgan fingerprint density at radius 2 is 2.27 bits per heavy atom. The van der Waals surface area contributed by atoms with Crippen LogP contribution in [0.5, 0.6) is 0 Å². The van der Waals surface area contributed by atoms with E-state index in [2.05, 4.69) is 20.3 Å². The first-order valence-electron chi connectivity index (χ1n) is 6.87. The first-order chi connectivity index (χ1) is 10.7. The summed E-state index contributed by atoms with van der Waals surface area (Å²) in [6.45, 7) is 0.921. The fourth-order valence-corrected chi connectivity index (χ4v) is 2.67. The summed E-state index contributed by atoms with van der Waals surface area (Å²) < 4.78 is 1.57. The summed E-state index contributed by atoms with van der Waals surface area (Å²) in [4.78, 5) is 30.0. The lowest BCUT2D eigenvalue weighted by atomic mass is 10.1. The van der Waals surface area contributed by atoms with E-state index in [1.54, 1.807) is 27.9 Å². The number of aromatic amines is 1. The Morgan fingerprint density at radius 3 is 3.18 bits per heavy atom. The van der Waals surface area contributed by atoms with E-state index in [1.807, 2.05) is 0 Å². The maximum absolute atomic E-state index is 12.7. The zero-order chi connectivity index (χ0) is 15.1. The van der Waals surface area contributed by atoms with E-state index >= 15 is 0 Å². The molecule has 0 atom stereocenters. The van der Waals surface area contributed by atoms with Crippen molar-refractivity contribution < 1.29 is 4.79 Å². The lowest BCUT2D eigenvalue weighted by molar-refractivity contribution is 0.0734. The molecule has 8 nitrogen and oxygen atoms in total. The van der Waals surface area contributed by atoms with E-state index in [-0.39, 0.29) is 11.5 Å². The molecule has 1 aliphatic heterocycles. The van der Waals surface area contributed by atoms with Gasteiger partial charge in [-0.2, -0.15) is 10.2 Å². The van der Waals surface area contributed by atoms with E-state index in [1.165, 1.54) is 12.3 Å². The van der Waals surface area contributed by atoms with Crippen LogP contribution in [-0.4, -0.2) is 42.1 Å². The smallest absolute Gasteiger partial charge is 0.264 e. The fraction of sp³-hybridized carbons (Fsp3) is 0.214. The standard InChI is InChI=1S/C14H12N6O2/c21-12-6-9-8-19(5-2-11(9)17-18-12)14(22)10-7-16-20-4-1-3-15-13(10)20/h1,3-4,6-7H,2,5,8H2,(H,18,21). The van der Waals surface area contributed by atoms with Crippen LogP contribution in [0.4, 0.5) is 0 Å². The van der Waals surface area contributed by atoms with Gasteiger partial charge in [-0.05, 0) is 6.07 Å². The Bertz CT molecular complexity index is 928. The second kappa shape index (κ2) is 4.76. The third kappa shape index (κ3) is 1.96. The zero-order valence-corrected chi connectivity index (χ0v) is 11.6. The lowest BCUT2D eigenvalue weighted by Gasteiger charge is -2.27. The molecule has 8 heteroatoms. The average Bonchev–Trinajstić information content (AvgIpc) is 2.97. The van der Waals surface area contributed by atoms with E-state index < -0.39 is 0 Å². The van der Waals surface area contributed by atoms with Gasteiger partial charge in [0.2, 0.25) is 0 Å². The van der Waals surface area contributed by atoms with Gasteiger partial charge in [-0.25, -0.2) is 14.6 Å². The molecule has 0 radical (unpaired) electrons. The summed E-state index contributed by atoms with van der Waals surface area (Å²) in [6.07, 6.45) is 5.51. The van der Waals surface area contributed by atoms with Gasteiger partial charge >= 0.3 is 0 Å². The number of rotatable bonds is 1. The minimum atomic E-state index is -0.259. The van der Waals surface area contributed by atoms with E-state index in [0.717, 1.165) is 11.3 Å². The molecule has 0 aliphatic carbocycles. The number of nitrogens with zero attached hydrogens (tertiary/aromatic N) is 5. The van der Waals surface area contributed by atoms with Crippen molar-refractivity contribution in [2.45, 2.75) is 13.0 Å². The molecule has 1 amide bonds. The van der Waals surface area contributed by atoms with Gasteiger partial charge in [0, 0.05) is 43.5 Å². The van der Waals surface area contributed by atoms with E-state index in [4.69, 9.17) is 0 Å². The molecular weight excluding hydrogens is 284 g/mol. The van der Waals surface area contributed by atoms with Crippen LogP contribution in [0.25, 0.3) is 5.65 Å². The molecule has 0 saturated heterocycles. The number of amides is 1. The van der Waals surface area contributed by atoms with Gasteiger partial charge in [0.15, 0.2) is 5.65 Å².